The van der Waals surface area contributed by atoms with E-state index in [4.69, 9.17) is 0 Å². The van der Waals surface area contributed by atoms with Crippen molar-refractivity contribution >= 4 is 28.4 Å². The van der Waals surface area contributed by atoms with Gasteiger partial charge in [0, 0.05) is 34.0 Å². The van der Waals surface area contributed by atoms with Crippen molar-refractivity contribution in [3.63, 3.8) is 0 Å². The van der Waals surface area contributed by atoms with Gasteiger partial charge in [-0.05, 0) is 54.6 Å². The van der Waals surface area contributed by atoms with Gasteiger partial charge < -0.3 is 15.2 Å². The number of carbonyl (C=O) groups excluding carboxylic acids is 2. The number of amides is 2. The lowest BCUT2D eigenvalue weighted by Crippen LogP contribution is -2.37. The van der Waals surface area contributed by atoms with Crippen LogP contribution in [0.4, 0.5) is 14.5 Å². The number of anilines is 1. The molecule has 0 saturated carbocycles. The Balaban J connectivity index is 1.45. The number of fused-ring (bicyclic) bond motifs is 3. The van der Waals surface area contributed by atoms with E-state index in [9.17, 15) is 18.4 Å². The van der Waals surface area contributed by atoms with E-state index in [0.717, 1.165) is 28.2 Å². The van der Waals surface area contributed by atoms with Crippen molar-refractivity contribution in [1.29, 1.82) is 0 Å². The van der Waals surface area contributed by atoms with Gasteiger partial charge in [0.2, 0.25) is 5.91 Å². The first-order valence-electron chi connectivity index (χ1n) is 11.1. The molecule has 0 spiro atoms. The van der Waals surface area contributed by atoms with Crippen LogP contribution in [0.3, 0.4) is 0 Å². The molecule has 0 saturated heterocycles. The summed E-state index contributed by atoms with van der Waals surface area (Å²) in [6, 6.07) is 15.3. The molecule has 0 bridgehead atoms. The Hall–Kier alpha value is -4.00. The summed E-state index contributed by atoms with van der Waals surface area (Å²) in [5, 5.41) is 3.95. The first kappa shape index (κ1) is 20.6. The van der Waals surface area contributed by atoms with E-state index in [1.165, 1.54) is 11.0 Å². The van der Waals surface area contributed by atoms with Crippen molar-refractivity contribution in [2.24, 2.45) is 0 Å². The first-order valence-corrected chi connectivity index (χ1v) is 11.1. The molecule has 1 aromatic heterocycles. The number of aromatic amines is 1. The Morgan fingerprint density at radius 2 is 1.91 bits per heavy atom. The van der Waals surface area contributed by atoms with Gasteiger partial charge >= 0.3 is 0 Å². The lowest BCUT2D eigenvalue weighted by molar-refractivity contribution is -0.122. The fraction of sp³-hybridized carbons (Fsp3) is 0.185. The van der Waals surface area contributed by atoms with Gasteiger partial charge in [-0.1, -0.05) is 24.3 Å². The zero-order valence-corrected chi connectivity index (χ0v) is 18.6. The van der Waals surface area contributed by atoms with Crippen LogP contribution in [0.1, 0.15) is 41.0 Å². The number of hydrogen-bond donors (Lipinski definition) is 2. The molecule has 6 rings (SSSR count). The van der Waals surface area contributed by atoms with Crippen LogP contribution in [0, 0.1) is 11.6 Å². The van der Waals surface area contributed by atoms with Crippen molar-refractivity contribution in [3.8, 4) is 11.1 Å². The number of H-pyrrole nitrogens is 1. The summed E-state index contributed by atoms with van der Waals surface area (Å²) >= 11 is 0. The topological polar surface area (TPSA) is 65.2 Å². The van der Waals surface area contributed by atoms with Gasteiger partial charge in [0.15, 0.2) is 0 Å². The highest BCUT2D eigenvalue weighted by atomic mass is 19.1. The van der Waals surface area contributed by atoms with Gasteiger partial charge in [-0.25, -0.2) is 8.78 Å². The molecule has 0 atom stereocenters. The molecule has 170 valence electrons. The fourth-order valence-electron chi connectivity index (χ4n) is 5.19. The summed E-state index contributed by atoms with van der Waals surface area (Å²) in [7, 11) is 0. The molecule has 2 aliphatic rings. The number of aromatic nitrogens is 1. The third kappa shape index (κ3) is 2.83. The van der Waals surface area contributed by atoms with Crippen molar-refractivity contribution in [1.82, 2.24) is 10.3 Å². The highest BCUT2D eigenvalue weighted by Crippen LogP contribution is 2.52. The molecular weight excluding hydrogens is 436 g/mol. The Bertz CT molecular complexity index is 1500. The molecule has 0 aliphatic carbocycles. The second-order valence-corrected chi connectivity index (χ2v) is 9.38. The maximum atomic E-state index is 14.8. The summed E-state index contributed by atoms with van der Waals surface area (Å²) in [6.45, 7) is 3.87. The number of nitrogens with one attached hydrogen (secondary N) is 2. The molecule has 0 fully saturated rings. The maximum Gasteiger partial charge on any atom is 0.252 e. The average Bonchev–Trinajstić information content (AvgIpc) is 3.31. The summed E-state index contributed by atoms with van der Waals surface area (Å²) in [5.74, 6) is -2.01. The van der Waals surface area contributed by atoms with Gasteiger partial charge in [0.25, 0.3) is 5.91 Å². The third-order valence-electron chi connectivity index (χ3n) is 6.92. The molecule has 2 aliphatic heterocycles. The Morgan fingerprint density at radius 1 is 1.12 bits per heavy atom. The number of carbonyl (C=O) groups is 2. The van der Waals surface area contributed by atoms with Crippen molar-refractivity contribution in [2.75, 3.05) is 4.90 Å². The van der Waals surface area contributed by atoms with E-state index >= 15 is 0 Å². The van der Waals surface area contributed by atoms with E-state index < -0.39 is 17.0 Å². The number of nitrogens with zero attached hydrogens (tertiary/aromatic N) is 1. The van der Waals surface area contributed by atoms with Crippen LogP contribution in [-0.2, 0) is 23.3 Å². The zero-order valence-electron chi connectivity index (χ0n) is 18.6. The number of hydrogen-bond acceptors (Lipinski definition) is 2. The summed E-state index contributed by atoms with van der Waals surface area (Å²) in [5.41, 5.74) is 3.46. The lowest BCUT2D eigenvalue weighted by Gasteiger charge is -2.29. The van der Waals surface area contributed by atoms with Crippen molar-refractivity contribution in [2.45, 2.75) is 32.4 Å². The lowest BCUT2D eigenvalue weighted by atomic mass is 9.82. The molecule has 2 N–H and O–H groups in total. The largest absolute Gasteiger partial charge is 0.357 e. The molecule has 0 radical (unpaired) electrons. The second-order valence-electron chi connectivity index (χ2n) is 9.38. The maximum absolute atomic E-state index is 14.8. The predicted molar refractivity (Wildman–Crippen MR) is 125 cm³/mol. The first-order chi connectivity index (χ1) is 16.3. The Morgan fingerprint density at radius 3 is 2.71 bits per heavy atom. The van der Waals surface area contributed by atoms with Gasteiger partial charge in [-0.3, -0.25) is 9.59 Å². The minimum absolute atomic E-state index is 0.00382. The van der Waals surface area contributed by atoms with E-state index in [1.54, 1.807) is 26.0 Å². The van der Waals surface area contributed by atoms with E-state index in [2.05, 4.69) is 10.3 Å². The molecule has 4 aromatic rings. The molecule has 0 unspecified atom stereocenters. The Labute approximate surface area is 194 Å². The van der Waals surface area contributed by atoms with E-state index in [-0.39, 0.29) is 36.0 Å². The number of rotatable bonds is 3. The third-order valence-corrected chi connectivity index (χ3v) is 6.92. The summed E-state index contributed by atoms with van der Waals surface area (Å²) < 4.78 is 29.1. The molecule has 2 amide bonds. The van der Waals surface area contributed by atoms with Crippen LogP contribution in [0.15, 0.2) is 54.6 Å². The zero-order chi connectivity index (χ0) is 23.8. The molecule has 3 aromatic carbocycles. The Kier molecular flexibility index (Phi) is 4.24. The van der Waals surface area contributed by atoms with Crippen molar-refractivity contribution in [3.05, 3.63) is 88.6 Å². The van der Waals surface area contributed by atoms with Gasteiger partial charge in [-0.2, -0.15) is 0 Å². The SMILES string of the molecule is CC1(C)C(=O)N2Cc3c(F)cc(F)cc3-c3c(C(=O)NCc4cc5ccccc5[nH]4)ccc1c32. The molecule has 3 heterocycles. The molecule has 7 heteroatoms. The number of para-hydroxylation sites is 1. The van der Waals surface area contributed by atoms with Gasteiger partial charge in [0.1, 0.15) is 11.6 Å². The van der Waals surface area contributed by atoms with Gasteiger partial charge in [-0.15, -0.1) is 0 Å². The van der Waals surface area contributed by atoms with Crippen LogP contribution in [0.2, 0.25) is 0 Å². The smallest absolute Gasteiger partial charge is 0.252 e. The second kappa shape index (κ2) is 7.00. The normalized spacial score (nSPS) is 15.4. The van der Waals surface area contributed by atoms with E-state index in [0.29, 0.717) is 16.8 Å². The van der Waals surface area contributed by atoms with Gasteiger partial charge in [0.05, 0.1) is 24.2 Å². The standard InChI is InChI=1S/C27H21F2N3O2/c1-27(2)20-8-7-17(25(33)30-12-16-9-14-5-3-4-6-22(14)31-16)23-18-10-15(28)11-21(29)19(18)13-32(24(20)23)26(27)34/h3-11,31H,12-13H2,1-2H3,(H,30,33). The number of halogens is 2. The highest BCUT2D eigenvalue weighted by molar-refractivity contribution is 6.16. The molecule has 5 nitrogen and oxygen atoms in total. The minimum Gasteiger partial charge on any atom is -0.357 e. The van der Waals surface area contributed by atoms with Crippen LogP contribution in [0.25, 0.3) is 22.0 Å². The number of benzene rings is 3. The predicted octanol–water partition coefficient (Wildman–Crippen LogP) is 5.18. The highest BCUT2D eigenvalue weighted by Gasteiger charge is 2.48. The van der Waals surface area contributed by atoms with Crippen LogP contribution >= 0.6 is 0 Å². The molecule has 34 heavy (non-hydrogen) atoms. The minimum atomic E-state index is -0.833. The quantitative estimate of drug-likeness (QED) is 0.445. The van der Waals surface area contributed by atoms with Crippen LogP contribution in [-0.4, -0.2) is 16.8 Å². The average molecular weight is 457 g/mol. The van der Waals surface area contributed by atoms with Crippen LogP contribution in [0.5, 0.6) is 0 Å². The fourth-order valence-corrected chi connectivity index (χ4v) is 5.19. The monoisotopic (exact) mass is 457 g/mol. The summed E-state index contributed by atoms with van der Waals surface area (Å²) in [4.78, 5) is 31.3. The molecular formula is C27H21F2N3O2. The van der Waals surface area contributed by atoms with Crippen molar-refractivity contribution < 1.29 is 18.4 Å². The van der Waals surface area contributed by atoms with Crippen LogP contribution < -0.4 is 10.2 Å². The van der Waals surface area contributed by atoms with E-state index in [1.807, 2.05) is 30.3 Å². The summed E-state index contributed by atoms with van der Waals surface area (Å²) in [6.07, 6.45) is 0.